The Bertz CT molecular complexity index is 1380. The third-order valence-electron chi connectivity index (χ3n) is 6.90. The summed E-state index contributed by atoms with van der Waals surface area (Å²) in [4.78, 5) is 30.5. The Kier molecular flexibility index (Phi) is 9.27. The number of amides is 1. The molecule has 3 aromatic carbocycles. The summed E-state index contributed by atoms with van der Waals surface area (Å²) in [6.45, 7) is 7.65. The minimum absolute atomic E-state index is 0.0746. The molecule has 0 spiro atoms. The van der Waals surface area contributed by atoms with Crippen LogP contribution < -0.4 is 9.47 Å². The van der Waals surface area contributed by atoms with Crippen molar-refractivity contribution in [1.82, 2.24) is 9.80 Å². The first-order valence-electron chi connectivity index (χ1n) is 13.7. The highest BCUT2D eigenvalue weighted by Gasteiger charge is 2.46. The maximum atomic E-state index is 13.5. The van der Waals surface area contributed by atoms with Crippen LogP contribution in [-0.2, 0) is 9.59 Å². The van der Waals surface area contributed by atoms with Crippen molar-refractivity contribution in [3.63, 3.8) is 0 Å². The first-order valence-corrected chi connectivity index (χ1v) is 13.7. The largest absolute Gasteiger partial charge is 0.507 e. The number of carbonyl (C=O) groups excluding carboxylic acids is 2. The summed E-state index contributed by atoms with van der Waals surface area (Å²) >= 11 is 0. The van der Waals surface area contributed by atoms with Crippen LogP contribution in [0.3, 0.4) is 0 Å². The topological polar surface area (TPSA) is 79.3 Å². The average molecular weight is 543 g/mol. The van der Waals surface area contributed by atoms with Gasteiger partial charge in [0.05, 0.1) is 18.2 Å². The van der Waals surface area contributed by atoms with Crippen LogP contribution in [0, 0.1) is 0 Å². The van der Waals surface area contributed by atoms with Gasteiger partial charge in [0.2, 0.25) is 0 Å². The number of nitrogens with zero attached hydrogens (tertiary/aromatic N) is 2. The molecule has 7 heteroatoms. The minimum Gasteiger partial charge on any atom is -0.507 e. The number of aliphatic hydroxyl groups is 1. The van der Waals surface area contributed by atoms with Gasteiger partial charge in [0.15, 0.2) is 0 Å². The lowest BCUT2D eigenvalue weighted by molar-refractivity contribution is -0.139. The first kappa shape index (κ1) is 28.9. The highest BCUT2D eigenvalue weighted by molar-refractivity contribution is 6.46. The summed E-state index contributed by atoms with van der Waals surface area (Å²) < 4.78 is 11.8. The molecule has 1 aliphatic rings. The molecule has 4 rings (SSSR count). The molecule has 0 saturated carbocycles. The number of hydrogen-bond acceptors (Lipinski definition) is 6. The Hall–Kier alpha value is -4.10. The number of benzene rings is 3. The number of hydrogen-bond donors (Lipinski definition) is 1. The minimum atomic E-state index is -0.754. The van der Waals surface area contributed by atoms with Crippen molar-refractivity contribution in [2.75, 3.05) is 33.8 Å². The molecule has 1 heterocycles. The van der Waals surface area contributed by atoms with Gasteiger partial charge in [-0.15, -0.1) is 0 Å². The zero-order valence-electron chi connectivity index (χ0n) is 23.9. The first-order chi connectivity index (χ1) is 19.2. The maximum absolute atomic E-state index is 13.5. The lowest BCUT2D eigenvalue weighted by Gasteiger charge is -2.26. The fraction of sp³-hybridized carbons (Fsp3) is 0.333. The second-order valence-electron chi connectivity index (χ2n) is 10.5. The number of ether oxygens (including phenoxy) is 2. The molecule has 1 amide bonds. The van der Waals surface area contributed by atoms with Gasteiger partial charge in [0.1, 0.15) is 23.0 Å². The summed E-state index contributed by atoms with van der Waals surface area (Å²) in [7, 11) is 3.93. The molecule has 40 heavy (non-hydrogen) atoms. The van der Waals surface area contributed by atoms with E-state index in [9.17, 15) is 14.7 Å². The zero-order valence-corrected chi connectivity index (χ0v) is 23.9. The molecular formula is C33H38N2O5. The van der Waals surface area contributed by atoms with Gasteiger partial charge in [-0.2, -0.15) is 0 Å². The van der Waals surface area contributed by atoms with Crippen LogP contribution in [0.25, 0.3) is 5.76 Å². The molecule has 3 aromatic rings. The molecule has 0 aliphatic carbocycles. The van der Waals surface area contributed by atoms with Crippen LogP contribution in [0.5, 0.6) is 17.2 Å². The molecule has 0 bridgehead atoms. The highest BCUT2D eigenvalue weighted by Crippen LogP contribution is 2.41. The summed E-state index contributed by atoms with van der Waals surface area (Å²) in [5, 5.41) is 11.6. The van der Waals surface area contributed by atoms with Gasteiger partial charge < -0.3 is 24.4 Å². The van der Waals surface area contributed by atoms with E-state index in [4.69, 9.17) is 9.47 Å². The Labute approximate surface area is 236 Å². The van der Waals surface area contributed by atoms with Gasteiger partial charge >= 0.3 is 0 Å². The third-order valence-corrected chi connectivity index (χ3v) is 6.90. The Balaban J connectivity index is 1.81. The Morgan fingerprint density at radius 1 is 0.975 bits per heavy atom. The highest BCUT2D eigenvalue weighted by atomic mass is 16.5. The fourth-order valence-electron chi connectivity index (χ4n) is 4.98. The molecule has 210 valence electrons. The number of aliphatic hydroxyl groups excluding tert-OH is 1. The fourth-order valence-corrected chi connectivity index (χ4v) is 4.98. The Morgan fingerprint density at radius 2 is 1.70 bits per heavy atom. The van der Waals surface area contributed by atoms with Crippen molar-refractivity contribution in [2.45, 2.75) is 39.2 Å². The molecule has 1 fully saturated rings. The SMILES string of the molecule is CCOc1ccc(/C(O)=C2\C(=O)C(=O)N(CCCN(C)C)C2c2cccc(Oc3ccccc3)c2)cc1C(C)C. The predicted octanol–water partition coefficient (Wildman–Crippen LogP) is 6.37. The number of ketones is 1. The van der Waals surface area contributed by atoms with Gasteiger partial charge in [-0.05, 0) is 93.5 Å². The lowest BCUT2D eigenvalue weighted by atomic mass is 9.93. The number of likely N-dealkylation sites (tertiary alicyclic amines) is 1. The van der Waals surface area contributed by atoms with E-state index < -0.39 is 17.7 Å². The van der Waals surface area contributed by atoms with Crippen molar-refractivity contribution in [3.8, 4) is 17.2 Å². The molecule has 1 unspecified atom stereocenters. The summed E-state index contributed by atoms with van der Waals surface area (Å²) in [5.74, 6) is 0.612. The van der Waals surface area contributed by atoms with E-state index in [-0.39, 0.29) is 17.3 Å². The smallest absolute Gasteiger partial charge is 0.295 e. The van der Waals surface area contributed by atoms with Crippen molar-refractivity contribution < 1.29 is 24.2 Å². The molecule has 1 N–H and O–H groups in total. The van der Waals surface area contributed by atoms with Crippen molar-refractivity contribution in [3.05, 3.63) is 95.1 Å². The monoisotopic (exact) mass is 542 g/mol. The van der Waals surface area contributed by atoms with Crippen LogP contribution in [0.1, 0.15) is 55.8 Å². The van der Waals surface area contributed by atoms with E-state index in [0.29, 0.717) is 42.2 Å². The molecule has 0 radical (unpaired) electrons. The maximum Gasteiger partial charge on any atom is 0.295 e. The van der Waals surface area contributed by atoms with Gasteiger partial charge in [0.25, 0.3) is 11.7 Å². The summed E-state index contributed by atoms with van der Waals surface area (Å²) in [6.07, 6.45) is 0.678. The van der Waals surface area contributed by atoms with E-state index in [0.717, 1.165) is 17.9 Å². The molecule has 1 atom stereocenters. The lowest BCUT2D eigenvalue weighted by Crippen LogP contribution is -2.32. The second-order valence-corrected chi connectivity index (χ2v) is 10.5. The normalized spacial score (nSPS) is 16.7. The average Bonchev–Trinajstić information content (AvgIpc) is 3.18. The standard InChI is InChI=1S/C33H38N2O5/c1-6-39-28-17-16-24(21-27(28)22(2)3)31(36)29-30(35(33(38)32(29)37)19-11-18-34(4)5)23-12-10-15-26(20-23)40-25-13-8-7-9-14-25/h7-10,12-17,20-22,30,36H,6,11,18-19H2,1-5H3/b31-29+. The second kappa shape index (κ2) is 12.8. The zero-order chi connectivity index (χ0) is 28.8. The molecule has 7 nitrogen and oxygen atoms in total. The van der Waals surface area contributed by atoms with Crippen molar-refractivity contribution in [1.29, 1.82) is 0 Å². The number of para-hydroxylation sites is 1. The molecule has 1 saturated heterocycles. The number of Topliss-reactive ketones (excluding diaryl/α,β-unsaturated/α-hetero) is 1. The quantitative estimate of drug-likeness (QED) is 0.172. The van der Waals surface area contributed by atoms with Gasteiger partial charge in [-0.25, -0.2) is 0 Å². The number of rotatable bonds is 11. The number of carbonyl (C=O) groups is 2. The van der Waals surface area contributed by atoms with Crippen LogP contribution in [0.4, 0.5) is 0 Å². The van der Waals surface area contributed by atoms with Crippen molar-refractivity contribution >= 4 is 17.4 Å². The van der Waals surface area contributed by atoms with Gasteiger partial charge in [0, 0.05) is 12.1 Å². The van der Waals surface area contributed by atoms with Crippen LogP contribution in [0.2, 0.25) is 0 Å². The van der Waals surface area contributed by atoms with E-state index in [1.165, 1.54) is 0 Å². The van der Waals surface area contributed by atoms with E-state index in [1.807, 2.05) is 106 Å². The summed E-state index contributed by atoms with van der Waals surface area (Å²) in [6, 6.07) is 21.4. The molecular weight excluding hydrogens is 504 g/mol. The third kappa shape index (κ3) is 6.37. The van der Waals surface area contributed by atoms with Gasteiger partial charge in [-0.1, -0.05) is 44.2 Å². The predicted molar refractivity (Wildman–Crippen MR) is 157 cm³/mol. The molecule has 0 aromatic heterocycles. The van der Waals surface area contributed by atoms with Gasteiger partial charge in [-0.3, -0.25) is 9.59 Å². The molecule has 1 aliphatic heterocycles. The van der Waals surface area contributed by atoms with Crippen molar-refractivity contribution in [2.24, 2.45) is 0 Å². The van der Waals surface area contributed by atoms with Crippen LogP contribution in [0.15, 0.2) is 78.4 Å². The van der Waals surface area contributed by atoms with E-state index >= 15 is 0 Å². The van der Waals surface area contributed by atoms with Crippen LogP contribution in [-0.4, -0.2) is 60.4 Å². The Morgan fingerprint density at radius 3 is 2.38 bits per heavy atom. The summed E-state index contributed by atoms with van der Waals surface area (Å²) in [5.41, 5.74) is 2.15. The van der Waals surface area contributed by atoms with E-state index in [1.54, 1.807) is 11.0 Å². The van der Waals surface area contributed by atoms with E-state index in [2.05, 4.69) is 0 Å². The van der Waals surface area contributed by atoms with Crippen LogP contribution >= 0.6 is 0 Å².